The molecule has 0 radical (unpaired) electrons. The number of likely N-dealkylation sites (tertiary alicyclic amines) is 1. The molecule has 0 aliphatic carbocycles. The van der Waals surface area contributed by atoms with E-state index in [0.717, 1.165) is 18.5 Å². The summed E-state index contributed by atoms with van der Waals surface area (Å²) in [7, 11) is 0. The smallest absolute Gasteiger partial charge is 0.340 e. The molecular weight excluding hydrogens is 358 g/mol. The Kier molecular flexibility index (Phi) is 6.26. The highest BCUT2D eigenvalue weighted by molar-refractivity contribution is 5.97. The van der Waals surface area contributed by atoms with Crippen LogP contribution in [0.1, 0.15) is 29.6 Å². The number of nitrogens with zero attached hydrogens (tertiary/aromatic N) is 1. The van der Waals surface area contributed by atoms with Crippen LogP contribution in [0.4, 0.5) is 11.4 Å². The van der Waals surface area contributed by atoms with Crippen LogP contribution in [0, 0.1) is 0 Å². The van der Waals surface area contributed by atoms with Gasteiger partial charge >= 0.3 is 5.97 Å². The van der Waals surface area contributed by atoms with E-state index in [-0.39, 0.29) is 0 Å². The largest absolute Gasteiger partial charge is 0.452 e. The van der Waals surface area contributed by atoms with E-state index in [1.807, 2.05) is 30.3 Å². The maximum absolute atomic E-state index is 12.5. The Balaban J connectivity index is 1.65. The molecule has 1 aliphatic rings. The van der Waals surface area contributed by atoms with Crippen LogP contribution in [0.3, 0.4) is 0 Å². The second-order valence-corrected chi connectivity index (χ2v) is 6.61. The van der Waals surface area contributed by atoms with Gasteiger partial charge in [-0.15, -0.1) is 0 Å². The summed E-state index contributed by atoms with van der Waals surface area (Å²) >= 11 is 0. The number of amides is 2. The van der Waals surface area contributed by atoms with Crippen molar-refractivity contribution in [3.63, 3.8) is 0 Å². The van der Waals surface area contributed by atoms with Gasteiger partial charge in [-0.1, -0.05) is 30.3 Å². The molecule has 2 amide bonds. The predicted octanol–water partition coefficient (Wildman–Crippen LogP) is 2.45. The molecule has 1 atom stereocenters. The lowest BCUT2D eigenvalue weighted by molar-refractivity contribution is -0.143. The number of carbonyl (C=O) groups is 3. The van der Waals surface area contributed by atoms with Crippen molar-refractivity contribution in [1.29, 1.82) is 0 Å². The number of nitrogens with two attached hydrogens (primary N) is 1. The van der Waals surface area contributed by atoms with Gasteiger partial charge in [0, 0.05) is 12.2 Å². The van der Waals surface area contributed by atoms with Gasteiger partial charge in [0.25, 0.3) is 5.91 Å². The van der Waals surface area contributed by atoms with Crippen molar-refractivity contribution in [2.75, 3.05) is 18.5 Å². The van der Waals surface area contributed by atoms with Crippen LogP contribution < -0.4 is 11.1 Å². The van der Waals surface area contributed by atoms with Crippen molar-refractivity contribution in [1.82, 2.24) is 4.90 Å². The Morgan fingerprint density at radius 3 is 2.50 bits per heavy atom. The van der Waals surface area contributed by atoms with Crippen LogP contribution >= 0.6 is 0 Å². The Bertz CT molecular complexity index is 854. The molecule has 3 N–H and O–H groups in total. The second kappa shape index (κ2) is 9.03. The topological polar surface area (TPSA) is 102 Å². The molecule has 146 valence electrons. The van der Waals surface area contributed by atoms with E-state index < -0.39 is 30.4 Å². The molecule has 0 aromatic heterocycles. The van der Waals surface area contributed by atoms with Crippen molar-refractivity contribution in [3.8, 4) is 0 Å². The Morgan fingerprint density at radius 2 is 1.75 bits per heavy atom. The molecule has 0 bridgehead atoms. The van der Waals surface area contributed by atoms with E-state index in [9.17, 15) is 14.4 Å². The molecule has 0 unspecified atom stereocenters. The molecule has 1 heterocycles. The van der Waals surface area contributed by atoms with Crippen molar-refractivity contribution < 1.29 is 19.1 Å². The maximum Gasteiger partial charge on any atom is 0.340 e. The molecule has 2 aromatic carbocycles. The Hall–Kier alpha value is -3.35. The molecular formula is C21H23N3O4. The number of benzene rings is 2. The number of ether oxygens (including phenoxy) is 1. The fourth-order valence-electron chi connectivity index (χ4n) is 3.26. The van der Waals surface area contributed by atoms with E-state index in [0.29, 0.717) is 24.2 Å². The summed E-state index contributed by atoms with van der Waals surface area (Å²) in [5.74, 6) is -1.55. The van der Waals surface area contributed by atoms with Gasteiger partial charge in [0.1, 0.15) is 6.04 Å². The molecule has 28 heavy (non-hydrogen) atoms. The average molecular weight is 381 g/mol. The second-order valence-electron chi connectivity index (χ2n) is 6.61. The zero-order chi connectivity index (χ0) is 19.9. The van der Waals surface area contributed by atoms with E-state index in [4.69, 9.17) is 10.5 Å². The first-order valence-corrected chi connectivity index (χ1v) is 9.23. The number of para-hydroxylation sites is 2. The zero-order valence-electron chi connectivity index (χ0n) is 15.5. The van der Waals surface area contributed by atoms with E-state index in [1.165, 1.54) is 4.90 Å². The number of hydrogen-bond acceptors (Lipinski definition) is 5. The minimum atomic E-state index is -0.632. The first-order chi connectivity index (χ1) is 13.6. The van der Waals surface area contributed by atoms with Gasteiger partial charge in [-0.05, 0) is 43.5 Å². The summed E-state index contributed by atoms with van der Waals surface area (Å²) < 4.78 is 5.23. The van der Waals surface area contributed by atoms with Gasteiger partial charge < -0.3 is 20.7 Å². The third-order valence-corrected chi connectivity index (χ3v) is 4.68. The molecule has 0 saturated carbocycles. The van der Waals surface area contributed by atoms with Crippen molar-refractivity contribution in [2.24, 2.45) is 5.73 Å². The molecule has 2 aromatic rings. The number of carbonyl (C=O) groups excluding carboxylic acids is 3. The van der Waals surface area contributed by atoms with Gasteiger partial charge in [0.05, 0.1) is 11.3 Å². The van der Waals surface area contributed by atoms with Crippen LogP contribution in [0.5, 0.6) is 0 Å². The summed E-state index contributed by atoms with van der Waals surface area (Å²) in [6.07, 6.45) is 2.18. The lowest BCUT2D eigenvalue weighted by Crippen LogP contribution is -2.51. The van der Waals surface area contributed by atoms with Crippen LogP contribution in [0.2, 0.25) is 0 Å². The fraction of sp³-hybridized carbons (Fsp3) is 0.286. The van der Waals surface area contributed by atoms with Gasteiger partial charge in [-0.3, -0.25) is 9.59 Å². The van der Waals surface area contributed by atoms with Gasteiger partial charge in [-0.25, -0.2) is 4.79 Å². The lowest BCUT2D eigenvalue weighted by Gasteiger charge is -2.33. The first-order valence-electron chi connectivity index (χ1n) is 9.23. The van der Waals surface area contributed by atoms with Crippen molar-refractivity contribution >= 4 is 29.2 Å². The Labute approximate surface area is 163 Å². The van der Waals surface area contributed by atoms with E-state index in [1.54, 1.807) is 24.3 Å². The SMILES string of the molecule is NC(=O)[C@@H]1CCCCN1C(=O)COC(=O)c1ccccc1Nc1ccccc1. The maximum atomic E-state index is 12.5. The van der Waals surface area contributed by atoms with Gasteiger partial charge in [0.2, 0.25) is 5.91 Å². The van der Waals surface area contributed by atoms with E-state index >= 15 is 0 Å². The van der Waals surface area contributed by atoms with Crippen molar-refractivity contribution in [3.05, 3.63) is 60.2 Å². The standard InChI is InChI=1S/C21H23N3O4/c22-20(26)18-12-6-7-13-24(18)19(25)14-28-21(27)16-10-4-5-11-17(16)23-15-8-2-1-3-9-15/h1-5,8-11,18,23H,6-7,12-14H2,(H2,22,26)/t18-/m0/s1. The number of piperidine rings is 1. The van der Waals surface area contributed by atoms with Crippen LogP contribution in [-0.4, -0.2) is 41.9 Å². The predicted molar refractivity (Wildman–Crippen MR) is 105 cm³/mol. The molecule has 1 saturated heterocycles. The number of rotatable bonds is 6. The highest BCUT2D eigenvalue weighted by Gasteiger charge is 2.31. The minimum Gasteiger partial charge on any atom is -0.452 e. The molecule has 1 aliphatic heterocycles. The zero-order valence-corrected chi connectivity index (χ0v) is 15.5. The van der Waals surface area contributed by atoms with Crippen LogP contribution in [-0.2, 0) is 14.3 Å². The van der Waals surface area contributed by atoms with Gasteiger partial charge in [-0.2, -0.15) is 0 Å². The molecule has 7 nitrogen and oxygen atoms in total. The number of primary amides is 1. The third kappa shape index (κ3) is 4.68. The lowest BCUT2D eigenvalue weighted by atomic mass is 10.0. The highest BCUT2D eigenvalue weighted by atomic mass is 16.5. The summed E-state index contributed by atoms with van der Waals surface area (Å²) in [6.45, 7) is 0.0123. The third-order valence-electron chi connectivity index (χ3n) is 4.68. The molecule has 3 rings (SSSR count). The van der Waals surface area contributed by atoms with E-state index in [2.05, 4.69) is 5.32 Å². The van der Waals surface area contributed by atoms with Crippen molar-refractivity contribution in [2.45, 2.75) is 25.3 Å². The molecule has 0 spiro atoms. The van der Waals surface area contributed by atoms with Gasteiger partial charge in [0.15, 0.2) is 6.61 Å². The normalized spacial score (nSPS) is 16.3. The molecule has 7 heteroatoms. The quantitative estimate of drug-likeness (QED) is 0.749. The highest BCUT2D eigenvalue weighted by Crippen LogP contribution is 2.22. The summed E-state index contributed by atoms with van der Waals surface area (Å²) in [4.78, 5) is 38.0. The van der Waals surface area contributed by atoms with Crippen LogP contribution in [0.25, 0.3) is 0 Å². The summed E-state index contributed by atoms with van der Waals surface area (Å²) in [5.41, 5.74) is 7.12. The van der Waals surface area contributed by atoms with Crippen LogP contribution in [0.15, 0.2) is 54.6 Å². The minimum absolute atomic E-state index is 0.323. The Morgan fingerprint density at radius 1 is 1.04 bits per heavy atom. The number of esters is 1. The fourth-order valence-corrected chi connectivity index (χ4v) is 3.26. The average Bonchev–Trinajstić information content (AvgIpc) is 2.73. The number of anilines is 2. The number of hydrogen-bond donors (Lipinski definition) is 2. The number of nitrogens with one attached hydrogen (secondary N) is 1. The summed E-state index contributed by atoms with van der Waals surface area (Å²) in [6, 6.07) is 15.7. The molecule has 1 fully saturated rings. The summed E-state index contributed by atoms with van der Waals surface area (Å²) in [5, 5.41) is 3.17. The first kappa shape index (κ1) is 19.4. The monoisotopic (exact) mass is 381 g/mol.